The van der Waals surface area contributed by atoms with E-state index in [1.165, 1.54) is 31.5 Å². The van der Waals surface area contributed by atoms with Gasteiger partial charge in [-0.25, -0.2) is 4.39 Å². The van der Waals surface area contributed by atoms with Crippen molar-refractivity contribution in [3.63, 3.8) is 0 Å². The number of hydrogen-bond donors (Lipinski definition) is 1. The van der Waals surface area contributed by atoms with Crippen LogP contribution in [0.1, 0.15) is 18.4 Å². The van der Waals surface area contributed by atoms with E-state index in [1.54, 1.807) is 6.07 Å². The van der Waals surface area contributed by atoms with Gasteiger partial charge in [0.1, 0.15) is 10.8 Å². The summed E-state index contributed by atoms with van der Waals surface area (Å²) in [5.41, 5.74) is 7.35. The minimum absolute atomic E-state index is 0.267. The molecule has 2 saturated heterocycles. The molecule has 2 fully saturated rings. The third-order valence-corrected chi connectivity index (χ3v) is 4.37. The van der Waals surface area contributed by atoms with Gasteiger partial charge in [-0.2, -0.15) is 0 Å². The first-order valence-corrected chi connectivity index (χ1v) is 7.14. The first-order chi connectivity index (χ1) is 9.15. The van der Waals surface area contributed by atoms with Gasteiger partial charge in [0.25, 0.3) is 0 Å². The molecule has 2 heterocycles. The summed E-state index contributed by atoms with van der Waals surface area (Å²) < 4.78 is 13.3. The number of fused-ring (bicyclic) bond motifs is 1. The van der Waals surface area contributed by atoms with Crippen molar-refractivity contribution in [3.05, 3.63) is 29.6 Å². The molecule has 0 aliphatic carbocycles. The maximum Gasteiger partial charge on any atom is 0.124 e. The summed E-state index contributed by atoms with van der Waals surface area (Å²) in [6.07, 6.45) is 2.53. The van der Waals surface area contributed by atoms with Crippen molar-refractivity contribution in [2.45, 2.75) is 18.9 Å². The lowest BCUT2D eigenvalue weighted by atomic mass is 10.1. The lowest BCUT2D eigenvalue weighted by Crippen LogP contribution is -2.50. The number of rotatable bonds is 2. The number of anilines is 1. The second-order valence-corrected chi connectivity index (χ2v) is 5.74. The molecule has 19 heavy (non-hydrogen) atoms. The minimum Gasteiger partial charge on any atom is -0.389 e. The maximum atomic E-state index is 13.3. The van der Waals surface area contributed by atoms with Gasteiger partial charge in [-0.3, -0.25) is 4.90 Å². The average Bonchev–Trinajstić information content (AvgIpc) is 2.85. The zero-order valence-corrected chi connectivity index (χ0v) is 11.6. The van der Waals surface area contributed by atoms with E-state index in [0.29, 0.717) is 11.6 Å². The van der Waals surface area contributed by atoms with Crippen molar-refractivity contribution >= 4 is 22.9 Å². The fraction of sp³-hybridized carbons (Fsp3) is 0.500. The molecule has 1 aromatic rings. The third kappa shape index (κ3) is 2.44. The Balaban J connectivity index is 1.87. The van der Waals surface area contributed by atoms with Gasteiger partial charge in [0.05, 0.1) is 0 Å². The first-order valence-electron chi connectivity index (χ1n) is 6.73. The molecule has 0 radical (unpaired) electrons. The highest BCUT2D eigenvalue weighted by Gasteiger charge is 2.31. The molecule has 1 atom stereocenters. The summed E-state index contributed by atoms with van der Waals surface area (Å²) in [6.45, 7) is 4.22. The second-order valence-electron chi connectivity index (χ2n) is 5.30. The van der Waals surface area contributed by atoms with Crippen LogP contribution in [0.4, 0.5) is 10.1 Å². The van der Waals surface area contributed by atoms with Crippen molar-refractivity contribution in [3.8, 4) is 0 Å². The Bertz CT molecular complexity index is 505. The number of nitrogens with two attached hydrogens (primary N) is 1. The molecule has 2 aliphatic rings. The van der Waals surface area contributed by atoms with E-state index in [-0.39, 0.29) is 10.8 Å². The van der Waals surface area contributed by atoms with E-state index in [9.17, 15) is 4.39 Å². The molecule has 1 aromatic carbocycles. The van der Waals surface area contributed by atoms with Crippen LogP contribution in [-0.2, 0) is 0 Å². The SMILES string of the molecule is NC(=S)c1cc(F)ccc1N1CCN2CCCC2C1. The Hall–Kier alpha value is -1.20. The van der Waals surface area contributed by atoms with Gasteiger partial charge in [0.2, 0.25) is 0 Å². The number of hydrogen-bond acceptors (Lipinski definition) is 3. The smallest absolute Gasteiger partial charge is 0.124 e. The van der Waals surface area contributed by atoms with E-state index in [0.717, 1.165) is 25.3 Å². The van der Waals surface area contributed by atoms with E-state index in [1.807, 2.05) is 0 Å². The molecule has 0 amide bonds. The van der Waals surface area contributed by atoms with Crippen LogP contribution in [0.15, 0.2) is 18.2 Å². The Labute approximate surface area is 118 Å². The predicted molar refractivity (Wildman–Crippen MR) is 79.1 cm³/mol. The third-order valence-electron chi connectivity index (χ3n) is 4.15. The number of halogens is 1. The maximum absolute atomic E-state index is 13.3. The van der Waals surface area contributed by atoms with E-state index >= 15 is 0 Å². The molecule has 0 spiro atoms. The van der Waals surface area contributed by atoms with Crippen LogP contribution in [0.3, 0.4) is 0 Å². The van der Waals surface area contributed by atoms with Gasteiger partial charge in [-0.05, 0) is 37.6 Å². The van der Waals surface area contributed by atoms with Gasteiger partial charge >= 0.3 is 0 Å². The summed E-state index contributed by atoms with van der Waals surface area (Å²) in [5, 5.41) is 0. The Morgan fingerprint density at radius 2 is 2.16 bits per heavy atom. The van der Waals surface area contributed by atoms with Gasteiger partial charge in [0.15, 0.2) is 0 Å². The molecule has 0 aromatic heterocycles. The topological polar surface area (TPSA) is 32.5 Å². The second kappa shape index (κ2) is 5.06. The normalized spacial score (nSPS) is 23.4. The molecule has 1 unspecified atom stereocenters. The van der Waals surface area contributed by atoms with Crippen molar-refractivity contribution in [2.75, 3.05) is 31.1 Å². The Morgan fingerprint density at radius 1 is 1.32 bits per heavy atom. The largest absolute Gasteiger partial charge is 0.389 e. The number of benzene rings is 1. The zero-order chi connectivity index (χ0) is 13.4. The molecule has 2 N–H and O–H groups in total. The summed E-state index contributed by atoms with van der Waals surface area (Å²) in [7, 11) is 0. The van der Waals surface area contributed by atoms with E-state index in [4.69, 9.17) is 18.0 Å². The predicted octanol–water partition coefficient (Wildman–Crippen LogP) is 1.74. The van der Waals surface area contributed by atoms with Crippen LogP contribution in [0.25, 0.3) is 0 Å². The standard InChI is InChI=1S/C14H18FN3S/c15-10-3-4-13(12(8-10)14(16)19)18-7-6-17-5-1-2-11(17)9-18/h3-4,8,11H,1-2,5-7,9H2,(H2,16,19). The summed E-state index contributed by atoms with van der Waals surface area (Å²) in [4.78, 5) is 5.10. The molecule has 0 saturated carbocycles. The van der Waals surface area contributed by atoms with Crippen LogP contribution in [-0.4, -0.2) is 42.1 Å². The number of nitrogens with zero attached hydrogens (tertiary/aromatic N) is 2. The molecule has 5 heteroatoms. The monoisotopic (exact) mass is 279 g/mol. The summed E-state index contributed by atoms with van der Waals surface area (Å²) in [5.74, 6) is -0.286. The van der Waals surface area contributed by atoms with Gasteiger partial charge in [-0.1, -0.05) is 12.2 Å². The zero-order valence-electron chi connectivity index (χ0n) is 10.8. The van der Waals surface area contributed by atoms with Gasteiger partial charge < -0.3 is 10.6 Å². The van der Waals surface area contributed by atoms with E-state index < -0.39 is 0 Å². The van der Waals surface area contributed by atoms with Crippen LogP contribution < -0.4 is 10.6 Å². The fourth-order valence-electron chi connectivity index (χ4n) is 3.19. The fourth-order valence-corrected chi connectivity index (χ4v) is 3.35. The average molecular weight is 279 g/mol. The van der Waals surface area contributed by atoms with Crippen LogP contribution >= 0.6 is 12.2 Å². The number of piperazine rings is 1. The van der Waals surface area contributed by atoms with Crippen LogP contribution in [0, 0.1) is 5.82 Å². The van der Waals surface area contributed by atoms with Crippen molar-refractivity contribution in [1.29, 1.82) is 0 Å². The number of thiocarbonyl (C=S) groups is 1. The molecule has 102 valence electrons. The molecule has 2 aliphatic heterocycles. The highest BCUT2D eigenvalue weighted by atomic mass is 32.1. The highest BCUT2D eigenvalue weighted by Crippen LogP contribution is 2.28. The van der Waals surface area contributed by atoms with E-state index in [2.05, 4.69) is 9.80 Å². The van der Waals surface area contributed by atoms with Gasteiger partial charge in [-0.15, -0.1) is 0 Å². The molecule has 3 rings (SSSR count). The van der Waals surface area contributed by atoms with Gasteiger partial charge in [0, 0.05) is 36.9 Å². The van der Waals surface area contributed by atoms with Crippen LogP contribution in [0.2, 0.25) is 0 Å². The molecule has 3 nitrogen and oxygen atoms in total. The minimum atomic E-state index is -0.286. The Kier molecular flexibility index (Phi) is 3.41. The molecule has 0 bridgehead atoms. The van der Waals surface area contributed by atoms with Crippen molar-refractivity contribution in [2.24, 2.45) is 5.73 Å². The lowest BCUT2D eigenvalue weighted by Gasteiger charge is -2.39. The Morgan fingerprint density at radius 3 is 2.95 bits per heavy atom. The molecular weight excluding hydrogens is 261 g/mol. The van der Waals surface area contributed by atoms with Crippen molar-refractivity contribution in [1.82, 2.24) is 4.90 Å². The summed E-state index contributed by atoms with van der Waals surface area (Å²) >= 11 is 5.05. The molecular formula is C14H18FN3S. The lowest BCUT2D eigenvalue weighted by molar-refractivity contribution is 0.231. The first kappa shape index (κ1) is 12.8. The summed E-state index contributed by atoms with van der Waals surface area (Å²) in [6, 6.07) is 5.35. The van der Waals surface area contributed by atoms with Crippen LogP contribution in [0.5, 0.6) is 0 Å². The van der Waals surface area contributed by atoms with Crippen molar-refractivity contribution < 1.29 is 4.39 Å². The quantitative estimate of drug-likeness (QED) is 0.836. The highest BCUT2D eigenvalue weighted by molar-refractivity contribution is 7.80.